The zero-order chi connectivity index (χ0) is 19.4. The van der Waals surface area contributed by atoms with Crippen molar-refractivity contribution in [2.24, 2.45) is 17.6 Å². The van der Waals surface area contributed by atoms with Gasteiger partial charge in [-0.15, -0.1) is 6.58 Å². The van der Waals surface area contributed by atoms with Crippen LogP contribution in [0.4, 0.5) is 10.5 Å². The Hall–Kier alpha value is -2.53. The predicted octanol–water partition coefficient (Wildman–Crippen LogP) is 3.35. The number of hydrogen-bond donors (Lipinski definition) is 3. The maximum absolute atomic E-state index is 11.5. The number of amides is 1. The van der Waals surface area contributed by atoms with E-state index in [9.17, 15) is 9.90 Å². The summed E-state index contributed by atoms with van der Waals surface area (Å²) < 4.78 is 5.39. The van der Waals surface area contributed by atoms with Gasteiger partial charge in [0.05, 0.1) is 5.60 Å². The van der Waals surface area contributed by atoms with Crippen LogP contribution in [0, 0.1) is 11.8 Å². The number of hydrogen-bond acceptors (Lipinski definition) is 4. The fourth-order valence-corrected chi connectivity index (χ4v) is 3.74. The summed E-state index contributed by atoms with van der Waals surface area (Å²) in [5.74, 6) is -0.691. The number of primary amides is 1. The van der Waals surface area contributed by atoms with Crippen molar-refractivity contribution in [1.82, 2.24) is 0 Å². The number of aryl methyl sites for hydroxylation is 1. The van der Waals surface area contributed by atoms with Crippen molar-refractivity contribution in [2.75, 3.05) is 5.73 Å². The quantitative estimate of drug-likeness (QED) is 0.515. The molecule has 1 aliphatic rings. The summed E-state index contributed by atoms with van der Waals surface area (Å²) in [6.45, 7) is 7.39. The van der Waals surface area contributed by atoms with Crippen LogP contribution in [0.15, 0.2) is 61.2 Å². The third kappa shape index (κ3) is 4.35. The van der Waals surface area contributed by atoms with Crippen molar-refractivity contribution < 1.29 is 14.6 Å². The lowest BCUT2D eigenvalue weighted by atomic mass is 9.66. The monoisotopic (exact) mass is 356 g/mol. The average molecular weight is 356 g/mol. The van der Waals surface area contributed by atoms with Gasteiger partial charge in [-0.1, -0.05) is 42.5 Å². The van der Waals surface area contributed by atoms with Crippen LogP contribution in [0.1, 0.15) is 25.8 Å². The maximum atomic E-state index is 11.5. The van der Waals surface area contributed by atoms with Gasteiger partial charge in [-0.25, -0.2) is 4.79 Å². The summed E-state index contributed by atoms with van der Waals surface area (Å²) in [4.78, 5) is 11.4. The zero-order valence-electron chi connectivity index (χ0n) is 15.4. The number of carbonyl (C=O) groups excluding carboxylic acids is 1. The third-order valence-corrected chi connectivity index (χ3v) is 5.04. The number of ether oxygens (including phenoxy) is 1. The lowest BCUT2D eigenvalue weighted by molar-refractivity contribution is -0.101. The highest BCUT2D eigenvalue weighted by Crippen LogP contribution is 2.42. The summed E-state index contributed by atoms with van der Waals surface area (Å²) in [5, 5.41) is 11.5. The molecule has 3 atom stereocenters. The molecule has 26 heavy (non-hydrogen) atoms. The van der Waals surface area contributed by atoms with Crippen molar-refractivity contribution in [3.8, 4) is 0 Å². The minimum absolute atomic E-state index is 0.292. The molecule has 0 heterocycles. The highest BCUT2D eigenvalue weighted by Gasteiger charge is 2.49. The van der Waals surface area contributed by atoms with Gasteiger partial charge in [0.2, 0.25) is 0 Å². The third-order valence-electron chi connectivity index (χ3n) is 5.04. The van der Waals surface area contributed by atoms with Crippen LogP contribution in [0.2, 0.25) is 0 Å². The lowest BCUT2D eigenvalue weighted by Gasteiger charge is -2.46. The molecule has 5 nitrogen and oxygen atoms in total. The van der Waals surface area contributed by atoms with E-state index in [1.807, 2.05) is 36.4 Å². The molecule has 2 rings (SSSR count). The van der Waals surface area contributed by atoms with Gasteiger partial charge >= 0.3 is 6.09 Å². The Morgan fingerprint density at radius 2 is 2.04 bits per heavy atom. The first-order valence-electron chi connectivity index (χ1n) is 8.73. The molecule has 1 aliphatic carbocycles. The molecule has 0 aliphatic heterocycles. The van der Waals surface area contributed by atoms with Crippen molar-refractivity contribution in [3.63, 3.8) is 0 Å². The molecular weight excluding hydrogens is 328 g/mol. The van der Waals surface area contributed by atoms with Crippen molar-refractivity contribution >= 4 is 11.8 Å². The van der Waals surface area contributed by atoms with Gasteiger partial charge in [0.1, 0.15) is 5.60 Å². The summed E-state index contributed by atoms with van der Waals surface area (Å²) in [5.41, 5.74) is 10.6. The predicted molar refractivity (Wildman–Crippen MR) is 104 cm³/mol. The first-order valence-corrected chi connectivity index (χ1v) is 8.73. The molecule has 0 bridgehead atoms. The number of benzene rings is 1. The smallest absolute Gasteiger partial charge is 0.405 e. The Balaban J connectivity index is 2.33. The van der Waals surface area contributed by atoms with E-state index in [0.29, 0.717) is 18.5 Å². The van der Waals surface area contributed by atoms with E-state index >= 15 is 0 Å². The van der Waals surface area contributed by atoms with E-state index in [1.54, 1.807) is 32.1 Å². The Morgan fingerprint density at radius 1 is 1.38 bits per heavy atom. The summed E-state index contributed by atoms with van der Waals surface area (Å²) >= 11 is 0. The fourth-order valence-electron chi connectivity index (χ4n) is 3.74. The van der Waals surface area contributed by atoms with Crippen LogP contribution in [-0.4, -0.2) is 22.4 Å². The molecule has 0 radical (unpaired) electrons. The second kappa shape index (κ2) is 7.79. The van der Waals surface area contributed by atoms with Crippen LogP contribution in [0.25, 0.3) is 0 Å². The SMILES string of the molecule is C=CC1C=CC=CC1(O)C(CCc1ccc(N)cc1)C(C)(C)OC(N)=O. The van der Waals surface area contributed by atoms with Crippen molar-refractivity contribution in [1.29, 1.82) is 0 Å². The number of anilines is 1. The molecule has 0 saturated carbocycles. The summed E-state index contributed by atoms with van der Waals surface area (Å²) in [7, 11) is 0. The van der Waals surface area contributed by atoms with Crippen LogP contribution in [0.5, 0.6) is 0 Å². The zero-order valence-corrected chi connectivity index (χ0v) is 15.4. The van der Waals surface area contributed by atoms with Crippen LogP contribution in [-0.2, 0) is 11.2 Å². The molecule has 0 saturated heterocycles. The van der Waals surface area contributed by atoms with Crippen LogP contribution in [0.3, 0.4) is 0 Å². The average Bonchev–Trinajstić information content (AvgIpc) is 2.55. The molecule has 5 N–H and O–H groups in total. The number of nitrogen functional groups attached to an aromatic ring is 1. The number of nitrogens with two attached hydrogens (primary N) is 2. The number of carbonyl (C=O) groups is 1. The van der Waals surface area contributed by atoms with Gasteiger partial charge in [0.25, 0.3) is 0 Å². The van der Waals surface area contributed by atoms with E-state index in [-0.39, 0.29) is 5.92 Å². The van der Waals surface area contributed by atoms with Crippen LogP contribution >= 0.6 is 0 Å². The second-order valence-corrected chi connectivity index (χ2v) is 7.25. The minimum atomic E-state index is -1.23. The highest BCUT2D eigenvalue weighted by molar-refractivity contribution is 5.65. The number of rotatable bonds is 7. The second-order valence-electron chi connectivity index (χ2n) is 7.25. The molecule has 0 aromatic heterocycles. The Labute approximate surface area is 155 Å². The van der Waals surface area contributed by atoms with Crippen molar-refractivity contribution in [3.05, 3.63) is 66.8 Å². The number of allylic oxidation sites excluding steroid dienone is 2. The van der Waals surface area contributed by atoms with E-state index in [0.717, 1.165) is 5.56 Å². The van der Waals surface area contributed by atoms with Gasteiger partial charge in [0, 0.05) is 17.5 Å². The molecular formula is C21H28N2O3. The molecule has 3 unspecified atom stereocenters. The lowest BCUT2D eigenvalue weighted by Crippen LogP contribution is -2.54. The van der Waals surface area contributed by atoms with E-state index in [1.165, 1.54) is 0 Å². The Kier molecular flexibility index (Phi) is 5.93. The Morgan fingerprint density at radius 3 is 2.62 bits per heavy atom. The van der Waals surface area contributed by atoms with E-state index in [4.69, 9.17) is 16.2 Å². The first-order chi connectivity index (χ1) is 12.2. The van der Waals surface area contributed by atoms with Gasteiger partial charge in [-0.2, -0.15) is 0 Å². The first kappa shape index (κ1) is 19.8. The van der Waals surface area contributed by atoms with Gasteiger partial charge in [-0.05, 0) is 44.4 Å². The molecule has 0 fully saturated rings. The highest BCUT2D eigenvalue weighted by atomic mass is 16.6. The fraction of sp³-hybridized carbons (Fsp3) is 0.381. The van der Waals surface area contributed by atoms with Gasteiger partial charge < -0.3 is 21.3 Å². The van der Waals surface area contributed by atoms with E-state index in [2.05, 4.69) is 6.58 Å². The summed E-state index contributed by atoms with van der Waals surface area (Å²) in [6, 6.07) is 7.61. The summed E-state index contributed by atoms with van der Waals surface area (Å²) in [6.07, 6.45) is 9.44. The van der Waals surface area contributed by atoms with E-state index < -0.39 is 23.2 Å². The maximum Gasteiger partial charge on any atom is 0.405 e. The normalized spacial score (nSPS) is 23.4. The molecule has 140 valence electrons. The van der Waals surface area contributed by atoms with Crippen molar-refractivity contribution in [2.45, 2.75) is 37.9 Å². The molecule has 1 amide bonds. The van der Waals surface area contributed by atoms with Gasteiger partial charge in [-0.3, -0.25) is 0 Å². The molecule has 5 heteroatoms. The molecule has 1 aromatic rings. The molecule has 1 aromatic carbocycles. The molecule has 0 spiro atoms. The topological polar surface area (TPSA) is 98.6 Å². The Bertz CT molecular complexity index is 706. The largest absolute Gasteiger partial charge is 0.443 e. The minimum Gasteiger partial charge on any atom is -0.443 e. The van der Waals surface area contributed by atoms with Gasteiger partial charge in [0.15, 0.2) is 0 Å². The standard InChI is InChI=1S/C21H28N2O3/c1-4-16-7-5-6-14-21(16,25)18(20(2,3)26-19(23)24)13-10-15-8-11-17(22)12-9-15/h4-9,11-12,14,16,18,25H,1,10,13,22H2,2-3H3,(H2,23,24). The number of aliphatic hydroxyl groups is 1. The van der Waals surface area contributed by atoms with Crippen LogP contribution < -0.4 is 11.5 Å².